The third-order valence-corrected chi connectivity index (χ3v) is 2.88. The number of hydrogen-bond donors (Lipinski definition) is 2. The highest BCUT2D eigenvalue weighted by Gasteiger charge is 2.24. The fraction of sp³-hybridized carbons (Fsp3) is 0.444. The van der Waals surface area contributed by atoms with E-state index < -0.39 is 5.91 Å². The molecule has 1 amide bonds. The quantitative estimate of drug-likeness (QED) is 0.745. The van der Waals surface area contributed by atoms with Crippen molar-refractivity contribution in [2.45, 2.75) is 12.5 Å². The molecule has 1 aromatic heterocycles. The largest absolute Gasteiger partial charge is 0.364 e. The van der Waals surface area contributed by atoms with Gasteiger partial charge in [-0.25, -0.2) is 9.97 Å². The van der Waals surface area contributed by atoms with Gasteiger partial charge in [0.2, 0.25) is 0 Å². The highest BCUT2D eigenvalue weighted by atomic mass is 35.5. The molecule has 1 aromatic rings. The van der Waals surface area contributed by atoms with Gasteiger partial charge in [-0.3, -0.25) is 4.79 Å². The predicted octanol–water partition coefficient (Wildman–Crippen LogP) is -0.234. The summed E-state index contributed by atoms with van der Waals surface area (Å²) in [6, 6.07) is 0.114. The first-order chi connectivity index (χ1) is 7.59. The highest BCUT2D eigenvalue weighted by molar-refractivity contribution is 6.35. The van der Waals surface area contributed by atoms with Crippen LogP contribution < -0.4 is 16.4 Å². The second-order valence-electron chi connectivity index (χ2n) is 3.72. The molecule has 0 radical (unpaired) electrons. The van der Waals surface area contributed by atoms with Crippen LogP contribution in [0.25, 0.3) is 0 Å². The summed E-state index contributed by atoms with van der Waals surface area (Å²) in [6.45, 7) is 1.45. The number of rotatable bonds is 2. The Hall–Kier alpha value is -1.40. The van der Waals surface area contributed by atoms with Crippen LogP contribution in [0.5, 0.6) is 0 Å². The second-order valence-corrected chi connectivity index (χ2v) is 4.10. The van der Waals surface area contributed by atoms with E-state index in [1.807, 2.05) is 4.90 Å². The number of hydrogen-bond acceptors (Lipinski definition) is 5. The van der Waals surface area contributed by atoms with Crippen molar-refractivity contribution in [3.63, 3.8) is 0 Å². The number of amides is 1. The number of carbonyl (C=O) groups is 1. The van der Waals surface area contributed by atoms with Crippen LogP contribution in [0.2, 0.25) is 5.02 Å². The van der Waals surface area contributed by atoms with Crippen LogP contribution in [0, 0.1) is 0 Å². The number of aromatic nitrogens is 2. The van der Waals surface area contributed by atoms with Gasteiger partial charge in [-0.05, 0) is 6.42 Å². The zero-order valence-corrected chi connectivity index (χ0v) is 9.31. The zero-order chi connectivity index (χ0) is 11.7. The normalized spacial score (nSPS) is 20.1. The monoisotopic (exact) mass is 241 g/mol. The molecule has 1 atom stereocenters. The SMILES string of the molecule is NC(=O)c1ncnc(N2CC[C@H](N)C2)c1Cl. The molecule has 2 rings (SSSR count). The molecule has 6 nitrogen and oxygen atoms in total. The highest BCUT2D eigenvalue weighted by Crippen LogP contribution is 2.27. The van der Waals surface area contributed by atoms with Crippen LogP contribution in [0.15, 0.2) is 6.33 Å². The maximum absolute atomic E-state index is 11.1. The summed E-state index contributed by atoms with van der Waals surface area (Å²) in [6.07, 6.45) is 2.16. The number of halogens is 1. The maximum atomic E-state index is 11.1. The number of carbonyl (C=O) groups excluding carboxylic acids is 1. The molecule has 86 valence electrons. The Morgan fingerprint density at radius 1 is 1.56 bits per heavy atom. The fourth-order valence-electron chi connectivity index (χ4n) is 1.73. The molecule has 0 bridgehead atoms. The minimum atomic E-state index is -0.655. The summed E-state index contributed by atoms with van der Waals surface area (Å²) in [7, 11) is 0. The van der Waals surface area contributed by atoms with Crippen molar-refractivity contribution < 1.29 is 4.79 Å². The van der Waals surface area contributed by atoms with Crippen LogP contribution >= 0.6 is 11.6 Å². The summed E-state index contributed by atoms with van der Waals surface area (Å²) in [5.41, 5.74) is 11.0. The third-order valence-electron chi connectivity index (χ3n) is 2.53. The van der Waals surface area contributed by atoms with Gasteiger partial charge in [0.05, 0.1) is 0 Å². The van der Waals surface area contributed by atoms with E-state index in [1.165, 1.54) is 6.33 Å². The van der Waals surface area contributed by atoms with E-state index in [4.69, 9.17) is 23.1 Å². The van der Waals surface area contributed by atoms with Crippen molar-refractivity contribution in [2.75, 3.05) is 18.0 Å². The van der Waals surface area contributed by atoms with Crippen molar-refractivity contribution >= 4 is 23.3 Å². The number of nitrogens with zero attached hydrogens (tertiary/aromatic N) is 3. The van der Waals surface area contributed by atoms with E-state index in [0.29, 0.717) is 12.4 Å². The lowest BCUT2D eigenvalue weighted by Crippen LogP contribution is -2.27. The van der Waals surface area contributed by atoms with E-state index in [2.05, 4.69) is 9.97 Å². The Balaban J connectivity index is 2.34. The first kappa shape index (κ1) is 11.1. The molecule has 0 aliphatic carbocycles. The Morgan fingerprint density at radius 2 is 2.31 bits per heavy atom. The van der Waals surface area contributed by atoms with E-state index in [1.54, 1.807) is 0 Å². The van der Waals surface area contributed by atoms with Gasteiger partial charge in [0.25, 0.3) is 5.91 Å². The van der Waals surface area contributed by atoms with Gasteiger partial charge >= 0.3 is 0 Å². The van der Waals surface area contributed by atoms with Gasteiger partial charge in [-0.1, -0.05) is 11.6 Å². The molecule has 1 fully saturated rings. The molecule has 4 N–H and O–H groups in total. The van der Waals surface area contributed by atoms with Crippen molar-refractivity contribution in [1.82, 2.24) is 9.97 Å². The first-order valence-corrected chi connectivity index (χ1v) is 5.28. The van der Waals surface area contributed by atoms with Crippen molar-refractivity contribution in [2.24, 2.45) is 11.5 Å². The van der Waals surface area contributed by atoms with Gasteiger partial charge in [-0.2, -0.15) is 0 Å². The maximum Gasteiger partial charge on any atom is 0.269 e. The van der Waals surface area contributed by atoms with Crippen molar-refractivity contribution in [3.05, 3.63) is 17.0 Å². The first-order valence-electron chi connectivity index (χ1n) is 4.90. The van der Waals surface area contributed by atoms with Gasteiger partial charge in [0.1, 0.15) is 11.3 Å². The molecule has 1 aliphatic rings. The van der Waals surface area contributed by atoms with Gasteiger partial charge in [0, 0.05) is 19.1 Å². The summed E-state index contributed by atoms with van der Waals surface area (Å²) in [4.78, 5) is 20.8. The average Bonchev–Trinajstić information content (AvgIpc) is 2.64. The van der Waals surface area contributed by atoms with Gasteiger partial charge in [0.15, 0.2) is 11.5 Å². The lowest BCUT2D eigenvalue weighted by molar-refractivity contribution is 0.0995. The van der Waals surface area contributed by atoms with Gasteiger partial charge < -0.3 is 16.4 Å². The molecule has 0 unspecified atom stereocenters. The van der Waals surface area contributed by atoms with E-state index in [-0.39, 0.29) is 16.8 Å². The molecule has 16 heavy (non-hydrogen) atoms. The third kappa shape index (κ3) is 1.94. The van der Waals surface area contributed by atoms with E-state index in [9.17, 15) is 4.79 Å². The number of nitrogens with two attached hydrogens (primary N) is 2. The van der Waals surface area contributed by atoms with Crippen LogP contribution in [-0.2, 0) is 0 Å². The average molecular weight is 242 g/mol. The molecule has 1 aliphatic heterocycles. The molecule has 0 aromatic carbocycles. The minimum absolute atomic E-state index is 0.0483. The lowest BCUT2D eigenvalue weighted by atomic mass is 10.3. The Bertz CT molecular complexity index is 424. The van der Waals surface area contributed by atoms with Crippen molar-refractivity contribution in [3.8, 4) is 0 Å². The summed E-state index contributed by atoms with van der Waals surface area (Å²) in [5.74, 6) is -0.129. The smallest absolute Gasteiger partial charge is 0.269 e. The molecule has 0 saturated carbocycles. The van der Waals surface area contributed by atoms with Gasteiger partial charge in [-0.15, -0.1) is 0 Å². The summed E-state index contributed by atoms with van der Waals surface area (Å²) >= 11 is 6.02. The molecular formula is C9H12ClN5O. The molecule has 2 heterocycles. The Labute approximate surface area is 97.6 Å². The molecule has 1 saturated heterocycles. The van der Waals surface area contributed by atoms with Crippen LogP contribution in [0.4, 0.5) is 5.82 Å². The fourth-order valence-corrected chi connectivity index (χ4v) is 2.04. The lowest BCUT2D eigenvalue weighted by Gasteiger charge is -2.18. The second kappa shape index (κ2) is 4.23. The minimum Gasteiger partial charge on any atom is -0.364 e. The van der Waals surface area contributed by atoms with Crippen molar-refractivity contribution in [1.29, 1.82) is 0 Å². The Kier molecular flexibility index (Phi) is 2.93. The van der Waals surface area contributed by atoms with E-state index >= 15 is 0 Å². The summed E-state index contributed by atoms with van der Waals surface area (Å²) < 4.78 is 0. The zero-order valence-electron chi connectivity index (χ0n) is 8.56. The predicted molar refractivity (Wildman–Crippen MR) is 60.4 cm³/mol. The van der Waals surface area contributed by atoms with E-state index in [0.717, 1.165) is 13.0 Å². The number of primary amides is 1. The molecular weight excluding hydrogens is 230 g/mol. The Morgan fingerprint density at radius 3 is 2.88 bits per heavy atom. The topological polar surface area (TPSA) is 98.1 Å². The van der Waals surface area contributed by atoms with Crippen LogP contribution in [-0.4, -0.2) is 35.0 Å². The van der Waals surface area contributed by atoms with Crippen LogP contribution in [0.1, 0.15) is 16.9 Å². The standard InChI is InChI=1S/C9H12ClN5O/c10-6-7(8(12)16)13-4-14-9(6)15-2-1-5(11)3-15/h4-5H,1-3,11H2,(H2,12,16)/t5-/m0/s1. The number of anilines is 1. The molecule has 0 spiro atoms. The summed E-state index contributed by atoms with van der Waals surface area (Å²) in [5, 5.41) is 0.198. The molecule has 7 heteroatoms. The van der Waals surface area contributed by atoms with Crippen LogP contribution in [0.3, 0.4) is 0 Å².